The number of anilines is 1. The fourth-order valence-corrected chi connectivity index (χ4v) is 5.28. The van der Waals surface area contributed by atoms with E-state index in [4.69, 9.17) is 46.4 Å². The van der Waals surface area contributed by atoms with Gasteiger partial charge in [0.15, 0.2) is 0 Å². The first-order valence-corrected chi connectivity index (χ1v) is 14.8. The number of nitrogens with one attached hydrogen (secondary N) is 1. The Balaban J connectivity index is 2.25. The van der Waals surface area contributed by atoms with Crippen LogP contribution in [0.4, 0.5) is 5.69 Å². The van der Waals surface area contributed by atoms with E-state index in [1.54, 1.807) is 31.2 Å². The topological polar surface area (TPSA) is 86.8 Å². The first-order valence-electron chi connectivity index (χ1n) is 11.5. The van der Waals surface area contributed by atoms with Gasteiger partial charge in [-0.2, -0.15) is 0 Å². The fraction of sp³-hybridized carbons (Fsp3) is 0.440. The molecule has 0 aliphatic rings. The molecule has 0 saturated carbocycles. The molecule has 2 aromatic carbocycles. The zero-order chi connectivity index (χ0) is 28.1. The largest absolute Gasteiger partial charge is 0.350 e. The zero-order valence-electron chi connectivity index (χ0n) is 21.3. The molecule has 0 bridgehead atoms. The van der Waals surface area contributed by atoms with Crippen molar-refractivity contribution in [3.05, 3.63) is 62.1 Å². The quantitative estimate of drug-likeness (QED) is 0.348. The van der Waals surface area contributed by atoms with Crippen molar-refractivity contribution in [2.45, 2.75) is 58.7 Å². The molecule has 1 atom stereocenters. The zero-order valence-corrected chi connectivity index (χ0v) is 25.2. The Hall–Kier alpha value is -1.71. The van der Waals surface area contributed by atoms with Crippen LogP contribution >= 0.6 is 46.4 Å². The summed E-state index contributed by atoms with van der Waals surface area (Å²) in [6, 6.07) is 8.73. The van der Waals surface area contributed by atoms with Crippen molar-refractivity contribution in [3.8, 4) is 0 Å². The molecule has 2 aromatic rings. The lowest BCUT2D eigenvalue weighted by Crippen LogP contribution is -2.52. The third-order valence-electron chi connectivity index (χ3n) is 5.33. The second-order valence-corrected chi connectivity index (χ2v) is 13.3. The van der Waals surface area contributed by atoms with Gasteiger partial charge >= 0.3 is 0 Å². The number of rotatable bonds is 10. The van der Waals surface area contributed by atoms with Gasteiger partial charge in [0.2, 0.25) is 21.8 Å². The molecule has 2 amide bonds. The van der Waals surface area contributed by atoms with Gasteiger partial charge in [-0.3, -0.25) is 13.9 Å². The molecule has 37 heavy (non-hydrogen) atoms. The molecule has 204 valence electrons. The van der Waals surface area contributed by atoms with Gasteiger partial charge in [-0.1, -0.05) is 52.5 Å². The van der Waals surface area contributed by atoms with Crippen LogP contribution < -0.4 is 9.62 Å². The summed E-state index contributed by atoms with van der Waals surface area (Å²) in [6.45, 7) is 7.31. The Morgan fingerprint density at radius 1 is 0.973 bits per heavy atom. The summed E-state index contributed by atoms with van der Waals surface area (Å²) in [7, 11) is -3.71. The molecule has 0 aromatic heterocycles. The first-order chi connectivity index (χ1) is 17.0. The third kappa shape index (κ3) is 9.52. The number of halogens is 4. The highest BCUT2D eigenvalue weighted by molar-refractivity contribution is 7.92. The van der Waals surface area contributed by atoms with Crippen molar-refractivity contribution in [1.82, 2.24) is 10.2 Å². The van der Waals surface area contributed by atoms with Gasteiger partial charge in [-0.25, -0.2) is 8.42 Å². The van der Waals surface area contributed by atoms with Gasteiger partial charge in [-0.15, -0.1) is 0 Å². The fourth-order valence-electron chi connectivity index (χ4n) is 3.55. The maximum absolute atomic E-state index is 13.4. The van der Waals surface area contributed by atoms with E-state index in [0.29, 0.717) is 20.6 Å². The molecule has 0 unspecified atom stereocenters. The number of carbonyl (C=O) groups is 2. The highest BCUT2D eigenvalue weighted by atomic mass is 35.5. The van der Waals surface area contributed by atoms with Crippen LogP contribution in [0.2, 0.25) is 20.1 Å². The predicted octanol–water partition coefficient (Wildman–Crippen LogP) is 6.18. The highest BCUT2D eigenvalue weighted by Crippen LogP contribution is 2.31. The van der Waals surface area contributed by atoms with E-state index in [0.717, 1.165) is 10.6 Å². The summed E-state index contributed by atoms with van der Waals surface area (Å²) in [5.74, 6) is -0.641. The lowest BCUT2D eigenvalue weighted by molar-refractivity contribution is -0.141. The van der Waals surface area contributed by atoms with Gasteiger partial charge in [0, 0.05) is 30.1 Å². The Morgan fingerprint density at radius 2 is 1.59 bits per heavy atom. The lowest BCUT2D eigenvalue weighted by Gasteiger charge is -2.32. The van der Waals surface area contributed by atoms with E-state index in [-0.39, 0.29) is 48.5 Å². The number of hydrogen-bond donors (Lipinski definition) is 1. The first kappa shape index (κ1) is 31.5. The van der Waals surface area contributed by atoms with Crippen LogP contribution in [0, 0.1) is 0 Å². The SMILES string of the molecule is C[C@@H](C(=O)NC(C)(C)C)N(Cc1ccc(Cl)c(Cl)c1)C(=O)CCCN(c1cc(Cl)ccc1Cl)S(C)(=O)=O. The molecule has 0 aliphatic heterocycles. The highest BCUT2D eigenvalue weighted by Gasteiger charge is 2.29. The van der Waals surface area contributed by atoms with E-state index < -0.39 is 21.6 Å². The van der Waals surface area contributed by atoms with Crippen molar-refractivity contribution < 1.29 is 18.0 Å². The average molecular weight is 611 g/mol. The Morgan fingerprint density at radius 3 is 2.16 bits per heavy atom. The molecule has 0 heterocycles. The summed E-state index contributed by atoms with van der Waals surface area (Å²) >= 11 is 24.5. The number of sulfonamides is 1. The third-order valence-corrected chi connectivity index (χ3v) is 7.81. The summed E-state index contributed by atoms with van der Waals surface area (Å²) in [5.41, 5.74) is 0.437. The van der Waals surface area contributed by atoms with Crippen LogP contribution in [0.15, 0.2) is 36.4 Å². The molecule has 0 saturated heterocycles. The Bertz CT molecular complexity index is 1250. The smallest absolute Gasteiger partial charge is 0.242 e. The van der Waals surface area contributed by atoms with Crippen LogP contribution in [0.5, 0.6) is 0 Å². The van der Waals surface area contributed by atoms with E-state index in [1.165, 1.54) is 17.0 Å². The second kappa shape index (κ2) is 12.9. The monoisotopic (exact) mass is 609 g/mol. The molecular weight excluding hydrogens is 580 g/mol. The molecule has 12 heteroatoms. The summed E-state index contributed by atoms with van der Waals surface area (Å²) in [5, 5.41) is 4.15. The van der Waals surface area contributed by atoms with Crippen LogP contribution in [-0.4, -0.2) is 49.5 Å². The number of nitrogens with zero attached hydrogens (tertiary/aromatic N) is 2. The predicted molar refractivity (Wildman–Crippen MR) is 152 cm³/mol. The molecule has 0 aliphatic carbocycles. The minimum atomic E-state index is -3.71. The molecule has 1 N–H and O–H groups in total. The Kier molecular flexibility index (Phi) is 11.0. The molecule has 0 fully saturated rings. The molecule has 7 nitrogen and oxygen atoms in total. The molecule has 0 spiro atoms. The molecular formula is C25H31Cl4N3O4S. The summed E-state index contributed by atoms with van der Waals surface area (Å²) in [4.78, 5) is 27.7. The average Bonchev–Trinajstić information content (AvgIpc) is 2.76. The van der Waals surface area contributed by atoms with Crippen LogP contribution in [0.3, 0.4) is 0 Å². The van der Waals surface area contributed by atoms with Crippen molar-refractivity contribution in [1.29, 1.82) is 0 Å². The number of benzene rings is 2. The number of carbonyl (C=O) groups excluding carboxylic acids is 2. The van der Waals surface area contributed by atoms with Crippen molar-refractivity contribution in [3.63, 3.8) is 0 Å². The van der Waals surface area contributed by atoms with E-state index in [2.05, 4.69) is 5.32 Å². The van der Waals surface area contributed by atoms with Crippen molar-refractivity contribution >= 4 is 73.9 Å². The standard InChI is InChI=1S/C25H31Cl4N3O4S/c1-16(24(34)30-25(2,3)4)31(15-17-8-10-19(27)21(29)13-17)23(33)7-6-12-32(37(5,35)36)22-14-18(26)9-11-20(22)28/h8-11,13-14,16H,6-7,12,15H2,1-5H3,(H,30,34)/t16-/m0/s1. The van der Waals surface area contributed by atoms with Crippen LogP contribution in [-0.2, 0) is 26.2 Å². The van der Waals surface area contributed by atoms with Gasteiger partial charge < -0.3 is 10.2 Å². The van der Waals surface area contributed by atoms with E-state index >= 15 is 0 Å². The Labute approximate surface area is 239 Å². The van der Waals surface area contributed by atoms with Gasteiger partial charge in [0.05, 0.1) is 27.0 Å². The maximum Gasteiger partial charge on any atom is 0.242 e. The normalized spacial score (nSPS) is 12.7. The minimum absolute atomic E-state index is 0.00613. The van der Waals surface area contributed by atoms with Gasteiger partial charge in [0.25, 0.3) is 0 Å². The van der Waals surface area contributed by atoms with Crippen LogP contribution in [0.1, 0.15) is 46.1 Å². The lowest BCUT2D eigenvalue weighted by atomic mass is 10.1. The minimum Gasteiger partial charge on any atom is -0.350 e. The molecule has 2 rings (SSSR count). The number of hydrogen-bond acceptors (Lipinski definition) is 4. The van der Waals surface area contributed by atoms with E-state index in [9.17, 15) is 18.0 Å². The van der Waals surface area contributed by atoms with Crippen molar-refractivity contribution in [2.75, 3.05) is 17.1 Å². The van der Waals surface area contributed by atoms with E-state index in [1.807, 2.05) is 20.8 Å². The van der Waals surface area contributed by atoms with Crippen molar-refractivity contribution in [2.24, 2.45) is 0 Å². The van der Waals surface area contributed by atoms with Gasteiger partial charge in [-0.05, 0) is 70.0 Å². The molecule has 0 radical (unpaired) electrons. The van der Waals surface area contributed by atoms with Crippen LogP contribution in [0.25, 0.3) is 0 Å². The maximum atomic E-state index is 13.4. The number of amides is 2. The summed E-state index contributed by atoms with van der Waals surface area (Å²) < 4.78 is 26.1. The second-order valence-electron chi connectivity index (χ2n) is 9.72. The summed E-state index contributed by atoms with van der Waals surface area (Å²) in [6.07, 6.45) is 1.22. The van der Waals surface area contributed by atoms with Gasteiger partial charge in [0.1, 0.15) is 6.04 Å².